The van der Waals surface area contributed by atoms with Crippen LogP contribution >= 0.6 is 22.9 Å². The molecule has 1 aromatic carbocycles. The van der Waals surface area contributed by atoms with Crippen LogP contribution in [0.2, 0.25) is 5.02 Å². The molecule has 1 aromatic heterocycles. The van der Waals surface area contributed by atoms with Crippen LogP contribution in [0.4, 0.5) is 0 Å². The van der Waals surface area contributed by atoms with Crippen molar-refractivity contribution in [2.75, 3.05) is 0 Å². The number of hydrogen-bond donors (Lipinski definition) is 2. The Labute approximate surface area is 138 Å². The van der Waals surface area contributed by atoms with Crippen LogP contribution in [0.25, 0.3) is 10.4 Å². The van der Waals surface area contributed by atoms with Crippen molar-refractivity contribution in [3.05, 3.63) is 46.3 Å². The Balaban J connectivity index is 1.49. The summed E-state index contributed by atoms with van der Waals surface area (Å²) in [5.41, 5.74) is 0.981. The molecule has 0 aliphatic carbocycles. The molecule has 3 heterocycles. The van der Waals surface area contributed by atoms with E-state index in [4.69, 9.17) is 11.6 Å². The number of halogens is 1. The van der Waals surface area contributed by atoms with Crippen molar-refractivity contribution in [3.8, 4) is 10.4 Å². The lowest BCUT2D eigenvalue weighted by molar-refractivity contribution is 0.0935. The average Bonchev–Trinajstić information content (AvgIpc) is 3.24. The smallest absolute Gasteiger partial charge is 0.261 e. The molecule has 2 aromatic rings. The number of nitrogens with one attached hydrogen (secondary N) is 2. The second-order valence-corrected chi connectivity index (χ2v) is 7.50. The first-order valence-corrected chi connectivity index (χ1v) is 8.82. The van der Waals surface area contributed by atoms with Crippen molar-refractivity contribution in [2.45, 2.75) is 37.4 Å². The summed E-state index contributed by atoms with van der Waals surface area (Å²) in [7, 11) is 0. The zero-order chi connectivity index (χ0) is 15.1. The second kappa shape index (κ2) is 5.69. The molecule has 0 spiro atoms. The minimum absolute atomic E-state index is 0.0302. The Bertz CT molecular complexity index is 714. The van der Waals surface area contributed by atoms with Gasteiger partial charge in [-0.05, 0) is 37.5 Å². The molecule has 2 N–H and O–H groups in total. The fourth-order valence-corrected chi connectivity index (χ4v) is 4.73. The maximum Gasteiger partial charge on any atom is 0.261 e. The van der Waals surface area contributed by atoms with E-state index < -0.39 is 0 Å². The number of rotatable bonds is 3. The minimum atomic E-state index is 0.0302. The van der Waals surface area contributed by atoms with Crippen LogP contribution in [0, 0.1) is 0 Å². The third-order valence-electron chi connectivity index (χ3n) is 4.59. The molecule has 3 nitrogen and oxygen atoms in total. The number of carbonyl (C=O) groups excluding carboxylic acids is 1. The van der Waals surface area contributed by atoms with E-state index in [1.807, 2.05) is 36.4 Å². The number of amides is 1. The number of benzene rings is 1. The van der Waals surface area contributed by atoms with Crippen LogP contribution in [0.3, 0.4) is 0 Å². The first-order valence-electron chi connectivity index (χ1n) is 7.62. The summed E-state index contributed by atoms with van der Waals surface area (Å²) < 4.78 is 0. The Morgan fingerprint density at radius 2 is 2.09 bits per heavy atom. The zero-order valence-corrected chi connectivity index (χ0v) is 13.6. The molecule has 4 rings (SSSR count). The summed E-state index contributed by atoms with van der Waals surface area (Å²) in [6.07, 6.45) is 3.47. The summed E-state index contributed by atoms with van der Waals surface area (Å²) >= 11 is 7.72. The number of thiophene rings is 1. The zero-order valence-electron chi connectivity index (χ0n) is 12.0. The van der Waals surface area contributed by atoms with E-state index in [1.54, 1.807) is 0 Å². The fourth-order valence-electron chi connectivity index (χ4n) is 3.49. The Kier molecular flexibility index (Phi) is 3.68. The number of fused-ring (bicyclic) bond motifs is 2. The van der Waals surface area contributed by atoms with Gasteiger partial charge in [0.15, 0.2) is 0 Å². The van der Waals surface area contributed by atoms with Crippen molar-refractivity contribution in [3.63, 3.8) is 0 Å². The van der Waals surface area contributed by atoms with Gasteiger partial charge in [-0.25, -0.2) is 0 Å². The van der Waals surface area contributed by atoms with E-state index in [1.165, 1.54) is 24.2 Å². The minimum Gasteiger partial charge on any atom is -0.347 e. The molecule has 22 heavy (non-hydrogen) atoms. The van der Waals surface area contributed by atoms with Gasteiger partial charge in [0.1, 0.15) is 0 Å². The highest BCUT2D eigenvalue weighted by molar-refractivity contribution is 7.17. The van der Waals surface area contributed by atoms with Crippen molar-refractivity contribution in [1.29, 1.82) is 0 Å². The second-order valence-electron chi connectivity index (χ2n) is 6.01. The summed E-state index contributed by atoms with van der Waals surface area (Å²) in [6, 6.07) is 12.9. The van der Waals surface area contributed by atoms with Crippen molar-refractivity contribution < 1.29 is 4.79 Å². The Morgan fingerprint density at radius 1 is 1.23 bits per heavy atom. The van der Waals surface area contributed by atoms with Gasteiger partial charge in [0, 0.05) is 33.6 Å². The lowest BCUT2D eigenvalue weighted by atomic mass is 9.95. The van der Waals surface area contributed by atoms with E-state index in [2.05, 4.69) is 10.6 Å². The molecule has 3 unspecified atom stereocenters. The predicted molar refractivity (Wildman–Crippen MR) is 90.6 cm³/mol. The molecule has 5 heteroatoms. The fraction of sp³-hybridized carbons (Fsp3) is 0.353. The van der Waals surface area contributed by atoms with Gasteiger partial charge in [0.2, 0.25) is 0 Å². The van der Waals surface area contributed by atoms with Crippen LogP contribution in [0.1, 0.15) is 28.9 Å². The predicted octanol–water partition coefficient (Wildman–Crippen LogP) is 3.69. The Morgan fingerprint density at radius 3 is 2.82 bits per heavy atom. The molecular weight excluding hydrogens is 316 g/mol. The van der Waals surface area contributed by atoms with E-state index in [9.17, 15) is 4.79 Å². The standard InChI is InChI=1S/C17H17ClN2OS/c18-12-4-2-1-3-11(12)15-7-8-16(22-15)17(21)20-14-9-10-5-6-13(14)19-10/h1-4,7-8,10,13-14,19H,5-6,9H2,(H,20,21). The molecule has 0 radical (unpaired) electrons. The molecule has 2 aliphatic rings. The van der Waals surface area contributed by atoms with Crippen LogP contribution in [-0.2, 0) is 0 Å². The van der Waals surface area contributed by atoms with Crippen LogP contribution in [0.5, 0.6) is 0 Å². The van der Waals surface area contributed by atoms with Gasteiger partial charge in [-0.1, -0.05) is 29.8 Å². The SMILES string of the molecule is O=C(NC1CC2CCC1N2)c1ccc(-c2ccccc2Cl)s1. The highest BCUT2D eigenvalue weighted by atomic mass is 35.5. The summed E-state index contributed by atoms with van der Waals surface area (Å²) in [6.45, 7) is 0. The lowest BCUT2D eigenvalue weighted by Gasteiger charge is -2.20. The molecular formula is C17H17ClN2OS. The van der Waals surface area contributed by atoms with Crippen molar-refractivity contribution in [2.24, 2.45) is 0 Å². The van der Waals surface area contributed by atoms with Crippen LogP contribution in [0.15, 0.2) is 36.4 Å². The number of carbonyl (C=O) groups is 1. The summed E-state index contributed by atoms with van der Waals surface area (Å²) in [4.78, 5) is 14.2. The van der Waals surface area contributed by atoms with E-state index >= 15 is 0 Å². The Hall–Kier alpha value is -1.36. The molecule has 2 saturated heterocycles. The molecule has 0 saturated carbocycles. The third-order valence-corrected chi connectivity index (χ3v) is 6.03. The third kappa shape index (κ3) is 2.56. The molecule has 2 bridgehead atoms. The normalized spacial score (nSPS) is 26.3. The van der Waals surface area contributed by atoms with Gasteiger partial charge in [-0.3, -0.25) is 4.79 Å². The largest absolute Gasteiger partial charge is 0.347 e. The maximum absolute atomic E-state index is 12.4. The average molecular weight is 333 g/mol. The molecule has 3 atom stereocenters. The van der Waals surface area contributed by atoms with Gasteiger partial charge in [-0.2, -0.15) is 0 Å². The topological polar surface area (TPSA) is 41.1 Å². The van der Waals surface area contributed by atoms with Gasteiger partial charge in [0.25, 0.3) is 5.91 Å². The summed E-state index contributed by atoms with van der Waals surface area (Å²) in [5, 5.41) is 7.44. The van der Waals surface area contributed by atoms with Gasteiger partial charge in [-0.15, -0.1) is 11.3 Å². The first-order chi connectivity index (χ1) is 10.7. The van der Waals surface area contributed by atoms with Gasteiger partial charge >= 0.3 is 0 Å². The number of hydrogen-bond acceptors (Lipinski definition) is 3. The highest BCUT2D eigenvalue weighted by Gasteiger charge is 2.39. The van der Waals surface area contributed by atoms with Crippen molar-refractivity contribution in [1.82, 2.24) is 10.6 Å². The van der Waals surface area contributed by atoms with Crippen LogP contribution in [-0.4, -0.2) is 24.0 Å². The first kappa shape index (κ1) is 14.2. The highest BCUT2D eigenvalue weighted by Crippen LogP contribution is 2.34. The van der Waals surface area contributed by atoms with Gasteiger partial charge < -0.3 is 10.6 Å². The monoisotopic (exact) mass is 332 g/mol. The summed E-state index contributed by atoms with van der Waals surface area (Å²) in [5.74, 6) is 0.0302. The maximum atomic E-state index is 12.4. The van der Waals surface area contributed by atoms with E-state index in [-0.39, 0.29) is 11.9 Å². The van der Waals surface area contributed by atoms with E-state index in [0.29, 0.717) is 17.1 Å². The quantitative estimate of drug-likeness (QED) is 0.900. The van der Waals surface area contributed by atoms with Crippen LogP contribution < -0.4 is 10.6 Å². The lowest BCUT2D eigenvalue weighted by Crippen LogP contribution is -2.42. The molecule has 114 valence electrons. The van der Waals surface area contributed by atoms with E-state index in [0.717, 1.165) is 21.7 Å². The molecule has 1 amide bonds. The van der Waals surface area contributed by atoms with Gasteiger partial charge in [0.05, 0.1) is 4.88 Å². The molecule has 2 fully saturated rings. The van der Waals surface area contributed by atoms with Crippen molar-refractivity contribution >= 4 is 28.8 Å². The molecule has 2 aliphatic heterocycles.